The van der Waals surface area contributed by atoms with E-state index in [9.17, 15) is 0 Å². The van der Waals surface area contributed by atoms with E-state index in [-0.39, 0.29) is 0 Å². The van der Waals surface area contributed by atoms with Crippen molar-refractivity contribution in [3.05, 3.63) is 52.4 Å². The quantitative estimate of drug-likeness (QED) is 0.644. The lowest BCUT2D eigenvalue weighted by atomic mass is 10.1. The molecule has 1 heterocycles. The monoisotopic (exact) mass is 376 g/mol. The number of H-pyrrole nitrogens is 1. The minimum absolute atomic E-state index is 0.524. The molecule has 0 unspecified atom stereocenters. The van der Waals surface area contributed by atoms with Gasteiger partial charge in [0.15, 0.2) is 16.3 Å². The molecule has 0 aliphatic heterocycles. The van der Waals surface area contributed by atoms with Gasteiger partial charge in [0.25, 0.3) is 0 Å². The zero-order valence-electron chi connectivity index (χ0n) is 14.0. The van der Waals surface area contributed by atoms with Crippen molar-refractivity contribution in [3.63, 3.8) is 0 Å². The normalized spacial score (nSPS) is 10.6. The largest absolute Gasteiger partial charge is 0.495 e. The summed E-state index contributed by atoms with van der Waals surface area (Å²) in [5.41, 5.74) is 2.64. The highest BCUT2D eigenvalue weighted by molar-refractivity contribution is 7.71. The van der Waals surface area contributed by atoms with E-state index in [1.165, 1.54) is 0 Å². The number of halogens is 1. The molecule has 0 aliphatic rings. The summed E-state index contributed by atoms with van der Waals surface area (Å²) in [6.45, 7) is 0. The maximum Gasteiger partial charge on any atom is 0.182 e. The fraction of sp³-hybridized carbons (Fsp3) is 0.167. The first-order valence-electron chi connectivity index (χ1n) is 7.45. The summed E-state index contributed by atoms with van der Waals surface area (Å²) in [5.74, 6) is 1.94. The lowest BCUT2D eigenvalue weighted by Gasteiger charge is -2.08. The third-order valence-corrected chi connectivity index (χ3v) is 4.42. The second kappa shape index (κ2) is 7.21. The zero-order valence-corrected chi connectivity index (χ0v) is 15.6. The van der Waals surface area contributed by atoms with Crippen LogP contribution in [-0.4, -0.2) is 30.9 Å². The van der Waals surface area contributed by atoms with Gasteiger partial charge in [-0.25, -0.2) is 0 Å². The highest BCUT2D eigenvalue weighted by atomic mass is 35.5. The molecule has 0 fully saturated rings. The number of hydrogen-bond donors (Lipinski definition) is 1. The number of benzene rings is 2. The Bertz CT molecular complexity index is 965. The second-order valence-electron chi connectivity index (χ2n) is 5.23. The summed E-state index contributed by atoms with van der Waals surface area (Å²) in [6, 6.07) is 11.2. The molecular weight excluding hydrogens is 360 g/mol. The molecule has 0 amide bonds. The van der Waals surface area contributed by atoms with Crippen LogP contribution < -0.4 is 14.2 Å². The molecular formula is C18H17ClN2O3S. The molecule has 3 rings (SSSR count). The minimum Gasteiger partial charge on any atom is -0.495 e. The van der Waals surface area contributed by atoms with Crippen LogP contribution in [0.3, 0.4) is 0 Å². The smallest absolute Gasteiger partial charge is 0.182 e. The van der Waals surface area contributed by atoms with Gasteiger partial charge in [-0.15, -0.1) is 0 Å². The van der Waals surface area contributed by atoms with Crippen molar-refractivity contribution >= 4 is 23.8 Å². The van der Waals surface area contributed by atoms with Gasteiger partial charge < -0.3 is 19.2 Å². The first-order valence-corrected chi connectivity index (χ1v) is 8.24. The van der Waals surface area contributed by atoms with Gasteiger partial charge in [-0.2, -0.15) is 0 Å². The summed E-state index contributed by atoms with van der Waals surface area (Å²) in [6.07, 6.45) is 1.92. The van der Waals surface area contributed by atoms with Crippen LogP contribution in [0.5, 0.6) is 17.2 Å². The summed E-state index contributed by atoms with van der Waals surface area (Å²) in [4.78, 5) is 3.20. The maximum absolute atomic E-state index is 6.22. The van der Waals surface area contributed by atoms with Crippen molar-refractivity contribution in [3.8, 4) is 34.2 Å². The Balaban J connectivity index is 2.03. The van der Waals surface area contributed by atoms with Crippen molar-refractivity contribution in [1.29, 1.82) is 0 Å². The number of rotatable bonds is 5. The summed E-state index contributed by atoms with van der Waals surface area (Å²) in [5, 5.41) is 0.524. The predicted octanol–water partition coefficient (Wildman–Crippen LogP) is 4.88. The number of imidazole rings is 1. The average Bonchev–Trinajstić information content (AvgIpc) is 3.02. The van der Waals surface area contributed by atoms with Crippen LogP contribution in [0, 0.1) is 4.77 Å². The molecule has 1 N–H and O–H groups in total. The third kappa shape index (κ3) is 3.36. The van der Waals surface area contributed by atoms with E-state index in [0.29, 0.717) is 27.0 Å². The highest BCUT2D eigenvalue weighted by Crippen LogP contribution is 2.32. The third-order valence-electron chi connectivity index (χ3n) is 3.83. The topological polar surface area (TPSA) is 48.4 Å². The Hall–Kier alpha value is -2.44. The molecule has 0 atom stereocenters. The second-order valence-corrected chi connectivity index (χ2v) is 6.03. The fourth-order valence-corrected chi connectivity index (χ4v) is 3.06. The molecule has 1 aromatic heterocycles. The molecule has 3 aromatic rings. The Morgan fingerprint density at radius 3 is 2.24 bits per heavy atom. The fourth-order valence-electron chi connectivity index (χ4n) is 2.54. The Kier molecular flexibility index (Phi) is 5.01. The van der Waals surface area contributed by atoms with Crippen molar-refractivity contribution < 1.29 is 14.2 Å². The zero-order chi connectivity index (χ0) is 18.0. The Labute approximate surface area is 155 Å². The molecule has 0 bridgehead atoms. The number of aromatic nitrogens is 2. The van der Waals surface area contributed by atoms with Gasteiger partial charge in [0.2, 0.25) is 0 Å². The standard InChI is InChI=1S/C18H17ClN2O3S/c1-22-15-7-5-12(9-13(15)19)21-10-14(20-18(21)25)11-4-6-16(23-2)17(8-11)24-3/h4-10H,1-3H3,(H,20,25). The number of nitrogens with zero attached hydrogens (tertiary/aromatic N) is 1. The van der Waals surface area contributed by atoms with Crippen molar-refractivity contribution in [2.24, 2.45) is 0 Å². The minimum atomic E-state index is 0.524. The molecule has 130 valence electrons. The number of nitrogens with one attached hydrogen (secondary N) is 1. The molecule has 0 aliphatic carbocycles. The number of ether oxygens (including phenoxy) is 3. The predicted molar refractivity (Wildman–Crippen MR) is 101 cm³/mol. The van der Waals surface area contributed by atoms with Gasteiger partial charge in [-0.05, 0) is 48.6 Å². The van der Waals surface area contributed by atoms with E-state index in [2.05, 4.69) is 4.98 Å². The lowest BCUT2D eigenvalue weighted by Crippen LogP contribution is -1.93. The van der Waals surface area contributed by atoms with Gasteiger partial charge in [0.05, 0.1) is 32.0 Å². The number of hydrogen-bond acceptors (Lipinski definition) is 4. The van der Waals surface area contributed by atoms with Crippen molar-refractivity contribution in [1.82, 2.24) is 9.55 Å². The van der Waals surface area contributed by atoms with Crippen LogP contribution in [0.1, 0.15) is 0 Å². The average molecular weight is 377 g/mol. The van der Waals surface area contributed by atoms with E-state index >= 15 is 0 Å². The van der Waals surface area contributed by atoms with Crippen LogP contribution >= 0.6 is 23.8 Å². The number of aromatic amines is 1. The van der Waals surface area contributed by atoms with E-state index in [0.717, 1.165) is 16.9 Å². The molecule has 0 saturated heterocycles. The molecule has 0 spiro atoms. The summed E-state index contributed by atoms with van der Waals surface area (Å²) in [7, 11) is 4.79. The van der Waals surface area contributed by atoms with Crippen LogP contribution in [0.2, 0.25) is 5.02 Å². The van der Waals surface area contributed by atoms with E-state index in [1.807, 2.05) is 47.2 Å². The Morgan fingerprint density at radius 2 is 1.60 bits per heavy atom. The van der Waals surface area contributed by atoms with Crippen LogP contribution in [0.25, 0.3) is 16.9 Å². The molecule has 0 radical (unpaired) electrons. The van der Waals surface area contributed by atoms with Gasteiger partial charge in [0, 0.05) is 17.4 Å². The van der Waals surface area contributed by atoms with E-state index < -0.39 is 0 Å². The molecule has 2 aromatic carbocycles. The van der Waals surface area contributed by atoms with E-state index in [1.54, 1.807) is 21.3 Å². The summed E-state index contributed by atoms with van der Waals surface area (Å²) < 4.78 is 18.2. The first kappa shape index (κ1) is 17.4. The molecule has 5 nitrogen and oxygen atoms in total. The summed E-state index contributed by atoms with van der Waals surface area (Å²) >= 11 is 11.7. The van der Waals surface area contributed by atoms with Gasteiger partial charge >= 0.3 is 0 Å². The van der Waals surface area contributed by atoms with E-state index in [4.69, 9.17) is 38.0 Å². The van der Waals surface area contributed by atoms with Gasteiger partial charge in [-0.1, -0.05) is 11.6 Å². The number of methoxy groups -OCH3 is 3. The van der Waals surface area contributed by atoms with Gasteiger partial charge in [-0.3, -0.25) is 4.57 Å². The van der Waals surface area contributed by atoms with Crippen molar-refractivity contribution in [2.45, 2.75) is 0 Å². The Morgan fingerprint density at radius 1 is 0.920 bits per heavy atom. The van der Waals surface area contributed by atoms with Crippen LogP contribution in [0.15, 0.2) is 42.6 Å². The SMILES string of the molecule is COc1ccc(-n2cc(-c3ccc(OC)c(OC)c3)[nH]c2=S)cc1Cl. The lowest BCUT2D eigenvalue weighted by molar-refractivity contribution is 0.355. The highest BCUT2D eigenvalue weighted by Gasteiger charge is 2.10. The molecule has 25 heavy (non-hydrogen) atoms. The maximum atomic E-state index is 6.22. The molecule has 0 saturated carbocycles. The molecule has 7 heteroatoms. The van der Waals surface area contributed by atoms with Crippen molar-refractivity contribution in [2.75, 3.05) is 21.3 Å². The van der Waals surface area contributed by atoms with Gasteiger partial charge in [0.1, 0.15) is 5.75 Å². The van der Waals surface area contributed by atoms with Crippen LogP contribution in [-0.2, 0) is 0 Å². The van der Waals surface area contributed by atoms with Crippen LogP contribution in [0.4, 0.5) is 0 Å². The first-order chi connectivity index (χ1) is 12.1.